The molecule has 0 amide bonds. The van der Waals surface area contributed by atoms with Gasteiger partial charge < -0.3 is 12.4 Å². The van der Waals surface area contributed by atoms with Gasteiger partial charge in [0.25, 0.3) is 0 Å². The van der Waals surface area contributed by atoms with Crippen molar-refractivity contribution in [1.29, 1.82) is 0 Å². The Morgan fingerprint density at radius 1 is 0.696 bits per heavy atom. The minimum absolute atomic E-state index is 0. The smallest absolute Gasteiger partial charge is 1.00 e. The van der Waals surface area contributed by atoms with Crippen molar-refractivity contribution in [2.24, 2.45) is 0 Å². The van der Waals surface area contributed by atoms with Gasteiger partial charge in [0, 0.05) is 0 Å². The van der Waals surface area contributed by atoms with Crippen LogP contribution >= 0.6 is 0 Å². The Labute approximate surface area is 155 Å². The molecular weight excluding hydrogens is 379 g/mol. The summed E-state index contributed by atoms with van der Waals surface area (Å²) in [7, 11) is 0. The molecule has 0 nitrogen and oxygen atoms in total. The summed E-state index contributed by atoms with van der Waals surface area (Å²) in [6, 6.07) is 0. The monoisotopic (exact) mass is 404 g/mol. The Bertz CT molecular complexity index is 593. The zero-order chi connectivity index (χ0) is 14.7. The standard InChI is InChI=1S/C20H24.CH3.ClH.Zr/c1-2-6-18-12-15(11-17(18)5-1)9-10-16-13-19-7-3-4-8-20(19)14-16;;;/h11-14H,1-10H2;1H3;1H;/q;;;+1/p-1. The molecule has 0 saturated carbocycles. The molecule has 122 valence electrons. The van der Waals surface area contributed by atoms with Crippen molar-refractivity contribution in [3.8, 4) is 0 Å². The molecule has 1 saturated heterocycles. The van der Waals surface area contributed by atoms with Crippen molar-refractivity contribution in [1.82, 2.24) is 0 Å². The minimum atomic E-state index is -1.47. The first-order valence-electron chi connectivity index (χ1n) is 9.51. The Morgan fingerprint density at radius 2 is 1.13 bits per heavy atom. The third-order valence-corrected chi connectivity index (χ3v) is 14.9. The van der Waals surface area contributed by atoms with E-state index in [1.165, 1.54) is 64.2 Å². The molecule has 0 aromatic rings. The van der Waals surface area contributed by atoms with Gasteiger partial charge in [0.05, 0.1) is 0 Å². The van der Waals surface area contributed by atoms with Crippen LogP contribution in [0.15, 0.2) is 45.6 Å². The largest absolute Gasteiger partial charge is 1.00 e. The minimum Gasteiger partial charge on any atom is -1.00 e. The van der Waals surface area contributed by atoms with Crippen LogP contribution in [0.2, 0.25) is 11.9 Å². The summed E-state index contributed by atoms with van der Waals surface area (Å²) in [5, 5.41) is 0. The van der Waals surface area contributed by atoms with E-state index in [2.05, 4.69) is 16.8 Å². The Balaban J connectivity index is 0.00000135. The van der Waals surface area contributed by atoms with Gasteiger partial charge >= 0.3 is 143 Å². The Hall–Kier alpha value is 0.133. The van der Waals surface area contributed by atoms with Crippen molar-refractivity contribution < 1.29 is 34.2 Å². The number of hydrogen-bond acceptors (Lipinski definition) is 0. The molecule has 2 heteroatoms. The molecule has 2 atom stereocenters. The van der Waals surface area contributed by atoms with E-state index < -0.39 is 21.8 Å². The van der Waals surface area contributed by atoms with Gasteiger partial charge in [0.2, 0.25) is 0 Å². The number of rotatable bonds is 0. The van der Waals surface area contributed by atoms with Gasteiger partial charge in [0.1, 0.15) is 0 Å². The average molecular weight is 406 g/mol. The van der Waals surface area contributed by atoms with Gasteiger partial charge in [-0.3, -0.25) is 0 Å². The molecule has 2 unspecified atom stereocenters. The number of hydrogen-bond donors (Lipinski definition) is 0. The van der Waals surface area contributed by atoms with E-state index in [4.69, 9.17) is 0 Å². The fourth-order valence-corrected chi connectivity index (χ4v) is 15.1. The molecule has 1 aliphatic heterocycles. The molecule has 0 radical (unpaired) electrons. The molecule has 1 heterocycles. The van der Waals surface area contributed by atoms with Crippen LogP contribution in [0.25, 0.3) is 0 Å². The Kier molecular flexibility index (Phi) is 4.66. The van der Waals surface area contributed by atoms with Crippen molar-refractivity contribution >= 4 is 0 Å². The predicted molar refractivity (Wildman–Crippen MR) is 89.8 cm³/mol. The summed E-state index contributed by atoms with van der Waals surface area (Å²) in [4.78, 5) is 0. The quantitative estimate of drug-likeness (QED) is 0.577. The second-order valence-corrected chi connectivity index (χ2v) is 14.6. The second kappa shape index (κ2) is 6.45. The van der Waals surface area contributed by atoms with Crippen LogP contribution in [-0.2, 0) is 21.8 Å². The molecule has 0 aromatic heterocycles. The second-order valence-electron chi connectivity index (χ2n) is 8.06. The topological polar surface area (TPSA) is 0 Å². The maximum atomic E-state index is 2.78. The first kappa shape index (κ1) is 16.6. The maximum Gasteiger partial charge on any atom is -1.00 e. The van der Waals surface area contributed by atoms with Crippen LogP contribution in [-0.4, -0.2) is 0 Å². The fraction of sp³-hybridized carbons (Fsp3) is 0.619. The third-order valence-electron chi connectivity index (χ3n) is 6.88. The predicted octanol–water partition coefficient (Wildman–Crippen LogP) is 3.65. The fourth-order valence-electron chi connectivity index (χ4n) is 5.98. The Morgan fingerprint density at radius 3 is 1.61 bits per heavy atom. The number of halogens is 1. The summed E-state index contributed by atoms with van der Waals surface area (Å²) >= 11 is -1.47. The molecular formula is C21H27ClZr. The molecule has 23 heavy (non-hydrogen) atoms. The van der Waals surface area contributed by atoms with Gasteiger partial charge in [-0.25, -0.2) is 0 Å². The van der Waals surface area contributed by atoms with Gasteiger partial charge in [-0.05, 0) is 0 Å². The normalized spacial score (nSPS) is 32.3. The van der Waals surface area contributed by atoms with Crippen LogP contribution in [0.1, 0.15) is 64.2 Å². The summed E-state index contributed by atoms with van der Waals surface area (Å²) in [5.74, 6) is 0. The zero-order valence-electron chi connectivity index (χ0n) is 14.3. The molecule has 0 bridgehead atoms. The van der Waals surface area contributed by atoms with E-state index in [0.29, 0.717) is 0 Å². The van der Waals surface area contributed by atoms with Crippen LogP contribution in [0.5, 0.6) is 0 Å². The molecule has 0 spiro atoms. The van der Waals surface area contributed by atoms with E-state index in [1.807, 2.05) is 22.3 Å². The molecule has 5 rings (SSSR count). The van der Waals surface area contributed by atoms with E-state index in [1.54, 1.807) is 11.1 Å². The maximum absolute atomic E-state index is 2.78. The van der Waals surface area contributed by atoms with E-state index in [-0.39, 0.29) is 12.4 Å². The molecule has 0 N–H and O–H groups in total. The SMILES string of the molecule is [CH3][Zr+]1[CH]2C(=CC3=C2CCCC3)CCC2=CC3=C(CCCC3)[CH]21.[Cl-]. The van der Waals surface area contributed by atoms with Gasteiger partial charge in [0.15, 0.2) is 0 Å². The third kappa shape index (κ3) is 2.57. The molecule has 0 aromatic carbocycles. The van der Waals surface area contributed by atoms with E-state index in [9.17, 15) is 0 Å². The summed E-state index contributed by atoms with van der Waals surface area (Å²) < 4.78 is 4.78. The first-order chi connectivity index (χ1) is 10.8. The molecule has 1 fully saturated rings. The summed E-state index contributed by atoms with van der Waals surface area (Å²) in [5.41, 5.74) is 11.3. The zero-order valence-corrected chi connectivity index (χ0v) is 17.5. The molecule has 5 aliphatic rings. The average Bonchev–Trinajstić information content (AvgIpc) is 3.06. The molecule has 4 aliphatic carbocycles. The van der Waals surface area contributed by atoms with Crippen LogP contribution in [0.4, 0.5) is 0 Å². The van der Waals surface area contributed by atoms with Crippen LogP contribution < -0.4 is 12.4 Å². The van der Waals surface area contributed by atoms with Crippen molar-refractivity contribution in [2.45, 2.75) is 76.1 Å². The number of fused-ring (bicyclic) bond motifs is 4. The van der Waals surface area contributed by atoms with E-state index in [0.717, 1.165) is 7.25 Å². The summed E-state index contributed by atoms with van der Waals surface area (Å²) in [6.07, 6.45) is 19.6. The van der Waals surface area contributed by atoms with Gasteiger partial charge in [-0.1, -0.05) is 0 Å². The van der Waals surface area contributed by atoms with Crippen molar-refractivity contribution in [2.75, 3.05) is 0 Å². The number of allylic oxidation sites excluding steroid dienone is 8. The first-order valence-corrected chi connectivity index (χ1v) is 14.8. The van der Waals surface area contributed by atoms with Crippen molar-refractivity contribution in [3.05, 3.63) is 45.6 Å². The van der Waals surface area contributed by atoms with Gasteiger partial charge in [-0.15, -0.1) is 0 Å². The van der Waals surface area contributed by atoms with E-state index >= 15 is 0 Å². The van der Waals surface area contributed by atoms with Gasteiger partial charge in [-0.2, -0.15) is 0 Å². The summed E-state index contributed by atoms with van der Waals surface area (Å²) in [6.45, 7) is 0. The van der Waals surface area contributed by atoms with Crippen LogP contribution in [0, 0.1) is 0 Å². The van der Waals surface area contributed by atoms with Crippen molar-refractivity contribution in [3.63, 3.8) is 0 Å². The van der Waals surface area contributed by atoms with Crippen LogP contribution in [0.3, 0.4) is 0 Å².